The van der Waals surface area contributed by atoms with Crippen LogP contribution < -0.4 is 4.72 Å². The van der Waals surface area contributed by atoms with Crippen molar-refractivity contribution < 1.29 is 13.3 Å². The third-order valence-electron chi connectivity index (χ3n) is 5.37. The number of hydrogen-bond donors (Lipinski definition) is 1. The number of aryl methyl sites for hydroxylation is 1. The Labute approximate surface area is 213 Å². The number of nitrogens with one attached hydrogen (secondary N) is 1. The second kappa shape index (κ2) is 11.0. The summed E-state index contributed by atoms with van der Waals surface area (Å²) in [7, 11) is -3.68. The van der Waals surface area contributed by atoms with Gasteiger partial charge in [-0.2, -0.15) is 0 Å². The third-order valence-corrected chi connectivity index (χ3v) is 7.80. The molecule has 0 saturated carbocycles. The van der Waals surface area contributed by atoms with Gasteiger partial charge in [-0.05, 0) is 37.1 Å². The fraction of sp³-hybridized carbons (Fsp3) is 0.200. The van der Waals surface area contributed by atoms with Gasteiger partial charge in [0.15, 0.2) is 11.0 Å². The van der Waals surface area contributed by atoms with Crippen LogP contribution in [0.2, 0.25) is 0 Å². The zero-order valence-electron chi connectivity index (χ0n) is 19.7. The number of aromatic nitrogens is 3. The molecular weight excluding hydrogens is 498 g/mol. The van der Waals surface area contributed by atoms with Crippen LogP contribution in [0.4, 0.5) is 5.69 Å². The molecule has 1 aromatic heterocycles. The number of thioether (sulfide) groups is 1. The molecule has 11 heteroatoms. The van der Waals surface area contributed by atoms with Crippen molar-refractivity contribution in [3.8, 4) is 5.69 Å². The van der Waals surface area contributed by atoms with E-state index in [9.17, 15) is 18.5 Å². The maximum Gasteiger partial charge on any atom is 0.269 e. The maximum absolute atomic E-state index is 12.9. The Morgan fingerprint density at radius 3 is 2.36 bits per heavy atom. The lowest BCUT2D eigenvalue weighted by Gasteiger charge is -2.16. The van der Waals surface area contributed by atoms with Gasteiger partial charge in [0.1, 0.15) is 0 Å². The topological polar surface area (TPSA) is 120 Å². The number of nitro benzene ring substituents is 1. The number of hydrogen-bond acceptors (Lipinski definition) is 7. The first-order chi connectivity index (χ1) is 17.2. The van der Waals surface area contributed by atoms with Crippen LogP contribution in [0.15, 0.2) is 84.0 Å². The molecule has 0 aliphatic rings. The highest BCUT2D eigenvalue weighted by Crippen LogP contribution is 2.29. The molecule has 0 fully saturated rings. The fourth-order valence-electron chi connectivity index (χ4n) is 3.73. The molecule has 0 aliphatic carbocycles. The predicted octanol–water partition coefficient (Wildman–Crippen LogP) is 4.96. The Bertz CT molecular complexity index is 1460. The first-order valence-electron chi connectivity index (χ1n) is 11.1. The van der Waals surface area contributed by atoms with Crippen molar-refractivity contribution in [2.45, 2.75) is 36.6 Å². The van der Waals surface area contributed by atoms with Gasteiger partial charge in [0.25, 0.3) is 5.69 Å². The van der Waals surface area contributed by atoms with Gasteiger partial charge in [-0.3, -0.25) is 14.7 Å². The monoisotopic (exact) mass is 523 g/mol. The van der Waals surface area contributed by atoms with E-state index in [1.165, 1.54) is 23.9 Å². The zero-order valence-corrected chi connectivity index (χ0v) is 21.4. The average Bonchev–Trinajstić information content (AvgIpc) is 3.27. The molecule has 3 aromatic carbocycles. The average molecular weight is 524 g/mol. The summed E-state index contributed by atoms with van der Waals surface area (Å²) in [6.45, 7) is 3.72. The number of sulfonamides is 1. The predicted molar refractivity (Wildman–Crippen MR) is 139 cm³/mol. The van der Waals surface area contributed by atoms with E-state index in [2.05, 4.69) is 21.0 Å². The van der Waals surface area contributed by atoms with Crippen LogP contribution in [0.25, 0.3) is 5.69 Å². The normalized spacial score (nSPS) is 12.4. The summed E-state index contributed by atoms with van der Waals surface area (Å²) in [4.78, 5) is 10.7. The summed E-state index contributed by atoms with van der Waals surface area (Å²) in [5, 5.41) is 20.3. The van der Waals surface area contributed by atoms with Crippen LogP contribution >= 0.6 is 11.8 Å². The SMILES string of the molecule is Cc1cccc(CSc2nnc(C(C)NS(=O)(=O)Cc3ccccc3)n2-c2ccc([N+](=O)[O-])cc2)c1. The van der Waals surface area contributed by atoms with Crippen molar-refractivity contribution in [3.63, 3.8) is 0 Å². The first kappa shape index (κ1) is 25.5. The van der Waals surface area contributed by atoms with E-state index in [4.69, 9.17) is 0 Å². The van der Waals surface area contributed by atoms with Crippen LogP contribution in [0.5, 0.6) is 0 Å². The second-order valence-electron chi connectivity index (χ2n) is 8.31. The highest BCUT2D eigenvalue weighted by atomic mass is 32.2. The molecule has 4 rings (SSSR count). The van der Waals surface area contributed by atoms with Gasteiger partial charge < -0.3 is 0 Å². The van der Waals surface area contributed by atoms with Crippen molar-refractivity contribution in [1.82, 2.24) is 19.5 Å². The molecule has 1 N–H and O–H groups in total. The summed E-state index contributed by atoms with van der Waals surface area (Å²) < 4.78 is 30.1. The maximum atomic E-state index is 12.9. The largest absolute Gasteiger partial charge is 0.273 e. The molecular formula is C25H25N5O4S2. The van der Waals surface area contributed by atoms with Crippen LogP contribution in [-0.2, 0) is 21.5 Å². The van der Waals surface area contributed by atoms with Gasteiger partial charge >= 0.3 is 0 Å². The van der Waals surface area contributed by atoms with Crippen molar-refractivity contribution in [3.05, 3.63) is 111 Å². The summed E-state index contributed by atoms with van der Waals surface area (Å²) in [5.41, 5.74) is 3.48. The van der Waals surface area contributed by atoms with Gasteiger partial charge in [-0.25, -0.2) is 13.1 Å². The number of non-ortho nitro benzene ring substituents is 1. The number of rotatable bonds is 10. The van der Waals surface area contributed by atoms with Crippen LogP contribution in [0, 0.1) is 17.0 Å². The highest BCUT2D eigenvalue weighted by molar-refractivity contribution is 7.98. The smallest absolute Gasteiger partial charge is 0.269 e. The zero-order chi connectivity index (χ0) is 25.7. The molecule has 9 nitrogen and oxygen atoms in total. The van der Waals surface area contributed by atoms with Gasteiger partial charge in [0.2, 0.25) is 10.0 Å². The molecule has 36 heavy (non-hydrogen) atoms. The van der Waals surface area contributed by atoms with E-state index in [-0.39, 0.29) is 11.4 Å². The number of nitrogens with zero attached hydrogens (tertiary/aromatic N) is 4. The minimum absolute atomic E-state index is 0.0426. The summed E-state index contributed by atoms with van der Waals surface area (Å²) >= 11 is 1.45. The molecule has 4 aromatic rings. The Morgan fingerprint density at radius 1 is 1.00 bits per heavy atom. The standard InChI is InChI=1S/C25H25N5O4S2/c1-18-7-6-10-21(15-18)16-35-25-27-26-24(29(25)22-11-13-23(14-12-22)30(31)32)19(2)28-36(33,34)17-20-8-4-3-5-9-20/h3-15,19,28H,16-17H2,1-2H3. The minimum atomic E-state index is -3.68. The second-order valence-corrected chi connectivity index (χ2v) is 11.0. The molecule has 186 valence electrons. The molecule has 1 atom stereocenters. The fourth-order valence-corrected chi connectivity index (χ4v) is 5.99. The van der Waals surface area contributed by atoms with E-state index in [0.717, 1.165) is 11.1 Å². The summed E-state index contributed by atoms with van der Waals surface area (Å²) in [6, 6.07) is 22.3. The molecule has 1 heterocycles. The lowest BCUT2D eigenvalue weighted by atomic mass is 10.2. The molecule has 0 spiro atoms. The van der Waals surface area contributed by atoms with Gasteiger partial charge in [0, 0.05) is 23.6 Å². The lowest BCUT2D eigenvalue weighted by Crippen LogP contribution is -2.29. The Kier molecular flexibility index (Phi) is 7.82. The summed E-state index contributed by atoms with van der Waals surface area (Å²) in [5.74, 6) is 0.840. The Morgan fingerprint density at radius 2 is 1.69 bits per heavy atom. The number of benzene rings is 3. The molecule has 0 saturated heterocycles. The van der Waals surface area contributed by atoms with E-state index in [1.54, 1.807) is 47.9 Å². The summed E-state index contributed by atoms with van der Waals surface area (Å²) in [6.07, 6.45) is 0. The van der Waals surface area contributed by atoms with E-state index < -0.39 is 21.0 Å². The van der Waals surface area contributed by atoms with E-state index in [1.807, 2.05) is 31.2 Å². The first-order valence-corrected chi connectivity index (χ1v) is 13.8. The van der Waals surface area contributed by atoms with Crippen molar-refractivity contribution >= 4 is 27.5 Å². The number of nitro groups is 1. The lowest BCUT2D eigenvalue weighted by molar-refractivity contribution is -0.384. The van der Waals surface area contributed by atoms with Crippen molar-refractivity contribution in [2.24, 2.45) is 0 Å². The molecule has 0 bridgehead atoms. The van der Waals surface area contributed by atoms with Gasteiger partial charge in [0.05, 0.1) is 16.7 Å². The van der Waals surface area contributed by atoms with Crippen LogP contribution in [0.3, 0.4) is 0 Å². The molecule has 0 aliphatic heterocycles. The third kappa shape index (κ3) is 6.36. The van der Waals surface area contributed by atoms with Crippen molar-refractivity contribution in [1.29, 1.82) is 0 Å². The van der Waals surface area contributed by atoms with E-state index in [0.29, 0.717) is 28.0 Å². The highest BCUT2D eigenvalue weighted by Gasteiger charge is 2.24. The quantitative estimate of drug-likeness (QED) is 0.177. The Hall–Kier alpha value is -3.54. The molecule has 1 unspecified atom stereocenters. The van der Waals surface area contributed by atoms with Crippen LogP contribution in [0.1, 0.15) is 35.5 Å². The van der Waals surface area contributed by atoms with Crippen LogP contribution in [-0.4, -0.2) is 28.1 Å². The van der Waals surface area contributed by atoms with Crippen molar-refractivity contribution in [2.75, 3.05) is 0 Å². The van der Waals surface area contributed by atoms with Gasteiger partial charge in [-0.1, -0.05) is 71.9 Å². The molecule has 0 radical (unpaired) electrons. The Balaban J connectivity index is 1.64. The van der Waals surface area contributed by atoms with E-state index >= 15 is 0 Å². The minimum Gasteiger partial charge on any atom is -0.273 e. The molecule has 0 amide bonds. The van der Waals surface area contributed by atoms with Gasteiger partial charge in [-0.15, -0.1) is 10.2 Å².